The van der Waals surface area contributed by atoms with Crippen molar-refractivity contribution in [2.75, 3.05) is 32.8 Å². The molecule has 26 heavy (non-hydrogen) atoms. The molecule has 0 aliphatic carbocycles. The fourth-order valence-electron chi connectivity index (χ4n) is 2.23. The van der Waals surface area contributed by atoms with Gasteiger partial charge < -0.3 is 25.3 Å². The van der Waals surface area contributed by atoms with Crippen LogP contribution in [0.15, 0.2) is 53.5 Å². The number of para-hydroxylation sites is 2. The molecule has 7 heteroatoms. The average Bonchev–Trinajstić information content (AvgIpc) is 2.64. The van der Waals surface area contributed by atoms with Crippen LogP contribution in [0.1, 0.15) is 12.0 Å². The summed E-state index contributed by atoms with van der Waals surface area (Å²) in [5, 5.41) is 3.05. The van der Waals surface area contributed by atoms with Crippen LogP contribution in [0, 0.1) is 0 Å². The highest BCUT2D eigenvalue weighted by atomic mass is 127. The molecule has 0 atom stereocenters. The van der Waals surface area contributed by atoms with Gasteiger partial charge in [0.25, 0.3) is 0 Å². The van der Waals surface area contributed by atoms with E-state index < -0.39 is 0 Å². The standard InChI is InChI=1S/C19H25N3O3.HI/c1-23-11-6-12-25-16-8-5-7-15(13-16)14-21-19(20)22-17-9-3-4-10-18(17)24-2;/h3-5,7-10,13H,6,11-12,14H2,1-2H3,(H3,20,21,22);1H. The Balaban J connectivity index is 0.00000338. The van der Waals surface area contributed by atoms with Crippen molar-refractivity contribution in [3.8, 4) is 11.5 Å². The maximum absolute atomic E-state index is 5.97. The Morgan fingerprint density at radius 1 is 1.08 bits per heavy atom. The van der Waals surface area contributed by atoms with Gasteiger partial charge in [0.15, 0.2) is 5.96 Å². The minimum Gasteiger partial charge on any atom is -0.495 e. The summed E-state index contributed by atoms with van der Waals surface area (Å²) >= 11 is 0. The first kappa shape index (κ1) is 22.0. The molecule has 142 valence electrons. The summed E-state index contributed by atoms with van der Waals surface area (Å²) in [7, 11) is 3.30. The molecule has 0 aliphatic rings. The highest BCUT2D eigenvalue weighted by Gasteiger charge is 2.02. The van der Waals surface area contributed by atoms with E-state index in [-0.39, 0.29) is 24.0 Å². The zero-order valence-corrected chi connectivity index (χ0v) is 17.4. The second kappa shape index (κ2) is 12.4. The lowest BCUT2D eigenvalue weighted by Crippen LogP contribution is -2.22. The van der Waals surface area contributed by atoms with Gasteiger partial charge in [-0.25, -0.2) is 4.99 Å². The van der Waals surface area contributed by atoms with Crippen LogP contribution in [-0.2, 0) is 11.3 Å². The van der Waals surface area contributed by atoms with Gasteiger partial charge in [0.05, 0.1) is 25.9 Å². The number of hydrogen-bond acceptors (Lipinski definition) is 4. The van der Waals surface area contributed by atoms with Gasteiger partial charge in [0.2, 0.25) is 0 Å². The van der Waals surface area contributed by atoms with E-state index in [4.69, 9.17) is 19.9 Å². The number of anilines is 1. The van der Waals surface area contributed by atoms with Crippen LogP contribution in [0.3, 0.4) is 0 Å². The van der Waals surface area contributed by atoms with Gasteiger partial charge in [-0.3, -0.25) is 0 Å². The first-order valence-corrected chi connectivity index (χ1v) is 8.13. The zero-order valence-electron chi connectivity index (χ0n) is 15.1. The maximum atomic E-state index is 5.97. The summed E-state index contributed by atoms with van der Waals surface area (Å²) in [6.45, 7) is 1.77. The predicted octanol–water partition coefficient (Wildman–Crippen LogP) is 3.66. The van der Waals surface area contributed by atoms with Gasteiger partial charge in [-0.05, 0) is 29.8 Å². The second-order valence-electron chi connectivity index (χ2n) is 5.37. The summed E-state index contributed by atoms with van der Waals surface area (Å²) in [5.41, 5.74) is 7.77. The molecule has 0 heterocycles. The van der Waals surface area contributed by atoms with Crippen LogP contribution in [0.2, 0.25) is 0 Å². The monoisotopic (exact) mass is 471 g/mol. The molecular formula is C19H26IN3O3. The topological polar surface area (TPSA) is 78.1 Å². The molecule has 0 aliphatic heterocycles. The third-order valence-electron chi connectivity index (χ3n) is 3.46. The lowest BCUT2D eigenvalue weighted by atomic mass is 10.2. The zero-order chi connectivity index (χ0) is 17.9. The maximum Gasteiger partial charge on any atom is 0.193 e. The smallest absolute Gasteiger partial charge is 0.193 e. The molecule has 0 saturated carbocycles. The molecule has 0 amide bonds. The largest absolute Gasteiger partial charge is 0.495 e. The number of aliphatic imine (C=N–C) groups is 1. The Morgan fingerprint density at radius 3 is 2.65 bits per heavy atom. The van der Waals surface area contributed by atoms with Gasteiger partial charge in [0, 0.05) is 20.1 Å². The third-order valence-corrected chi connectivity index (χ3v) is 3.46. The molecular weight excluding hydrogens is 445 g/mol. The van der Waals surface area contributed by atoms with E-state index in [2.05, 4.69) is 10.3 Å². The Morgan fingerprint density at radius 2 is 1.88 bits per heavy atom. The molecule has 0 radical (unpaired) electrons. The van der Waals surface area contributed by atoms with Gasteiger partial charge >= 0.3 is 0 Å². The van der Waals surface area contributed by atoms with Crippen LogP contribution in [0.5, 0.6) is 11.5 Å². The Bertz CT molecular complexity index is 695. The SMILES string of the molecule is COCCCOc1cccc(CN=C(N)Nc2ccccc2OC)c1.I. The van der Waals surface area contributed by atoms with Crippen molar-refractivity contribution in [2.45, 2.75) is 13.0 Å². The van der Waals surface area contributed by atoms with Gasteiger partial charge in [0.1, 0.15) is 11.5 Å². The fraction of sp³-hybridized carbons (Fsp3) is 0.316. The molecule has 0 spiro atoms. The minimum absolute atomic E-state index is 0. The summed E-state index contributed by atoms with van der Waals surface area (Å²) in [4.78, 5) is 4.37. The summed E-state index contributed by atoms with van der Waals surface area (Å²) < 4.78 is 16.0. The molecule has 6 nitrogen and oxygen atoms in total. The lowest BCUT2D eigenvalue weighted by Gasteiger charge is -2.10. The molecule has 3 N–H and O–H groups in total. The van der Waals surface area contributed by atoms with Gasteiger partial charge in [-0.2, -0.15) is 0 Å². The van der Waals surface area contributed by atoms with E-state index in [1.54, 1.807) is 14.2 Å². The predicted molar refractivity (Wildman–Crippen MR) is 116 cm³/mol. The first-order chi connectivity index (χ1) is 12.2. The molecule has 2 aromatic carbocycles. The van der Waals surface area contributed by atoms with E-state index in [1.165, 1.54) is 0 Å². The van der Waals surface area contributed by atoms with Crippen LogP contribution in [0.4, 0.5) is 5.69 Å². The number of nitrogens with zero attached hydrogens (tertiary/aromatic N) is 1. The number of rotatable bonds is 9. The van der Waals surface area contributed by atoms with Crippen molar-refractivity contribution in [3.05, 3.63) is 54.1 Å². The Labute approximate surface area is 171 Å². The molecule has 2 rings (SSSR count). The molecule has 0 aromatic heterocycles. The quantitative estimate of drug-likeness (QED) is 0.253. The molecule has 0 bridgehead atoms. The number of nitrogens with two attached hydrogens (primary N) is 1. The Kier molecular flexibility index (Phi) is 10.5. The highest BCUT2D eigenvalue weighted by Crippen LogP contribution is 2.22. The van der Waals surface area contributed by atoms with Crippen molar-refractivity contribution in [2.24, 2.45) is 10.7 Å². The van der Waals surface area contributed by atoms with Crippen molar-refractivity contribution in [1.29, 1.82) is 0 Å². The van der Waals surface area contributed by atoms with Crippen molar-refractivity contribution in [3.63, 3.8) is 0 Å². The lowest BCUT2D eigenvalue weighted by molar-refractivity contribution is 0.172. The molecule has 2 aromatic rings. The van der Waals surface area contributed by atoms with Crippen molar-refractivity contribution >= 4 is 35.6 Å². The minimum atomic E-state index is 0. The fourth-order valence-corrected chi connectivity index (χ4v) is 2.23. The number of benzene rings is 2. The average molecular weight is 471 g/mol. The van der Waals surface area contributed by atoms with Crippen LogP contribution in [-0.4, -0.2) is 33.4 Å². The number of hydrogen-bond donors (Lipinski definition) is 2. The molecule has 0 unspecified atom stereocenters. The number of ether oxygens (including phenoxy) is 3. The number of nitrogens with one attached hydrogen (secondary N) is 1. The van der Waals surface area contributed by atoms with Gasteiger partial charge in [-0.15, -0.1) is 24.0 Å². The summed E-state index contributed by atoms with van der Waals surface area (Å²) in [5.74, 6) is 1.86. The second-order valence-corrected chi connectivity index (χ2v) is 5.37. The summed E-state index contributed by atoms with van der Waals surface area (Å²) in [6, 6.07) is 15.4. The van der Waals surface area contributed by atoms with Crippen LogP contribution in [0.25, 0.3) is 0 Å². The van der Waals surface area contributed by atoms with E-state index in [9.17, 15) is 0 Å². The molecule has 0 fully saturated rings. The third kappa shape index (κ3) is 7.49. The van der Waals surface area contributed by atoms with E-state index in [1.807, 2.05) is 48.5 Å². The normalized spacial score (nSPS) is 10.8. The number of guanidine groups is 1. The Hall–Kier alpha value is -2.00. The van der Waals surface area contributed by atoms with Crippen molar-refractivity contribution in [1.82, 2.24) is 0 Å². The highest BCUT2D eigenvalue weighted by molar-refractivity contribution is 14.0. The van der Waals surface area contributed by atoms with Gasteiger partial charge in [-0.1, -0.05) is 24.3 Å². The van der Waals surface area contributed by atoms with Crippen LogP contribution < -0.4 is 20.5 Å². The number of halogens is 1. The number of methoxy groups -OCH3 is 2. The van der Waals surface area contributed by atoms with E-state index in [0.29, 0.717) is 31.5 Å². The summed E-state index contributed by atoms with van der Waals surface area (Å²) in [6.07, 6.45) is 0.856. The molecule has 0 saturated heterocycles. The van der Waals surface area contributed by atoms with E-state index in [0.717, 1.165) is 23.4 Å². The van der Waals surface area contributed by atoms with Crippen molar-refractivity contribution < 1.29 is 14.2 Å². The first-order valence-electron chi connectivity index (χ1n) is 8.13. The van der Waals surface area contributed by atoms with E-state index >= 15 is 0 Å². The van der Waals surface area contributed by atoms with Crippen LogP contribution >= 0.6 is 24.0 Å².